The predicted molar refractivity (Wildman–Crippen MR) is 34.4 cm³/mol. The van der Waals surface area contributed by atoms with Crippen molar-refractivity contribution in [3.63, 3.8) is 0 Å². The maximum absolute atomic E-state index is 8.94. The third kappa shape index (κ3) is 1.88. The smallest absolute Gasteiger partial charge is 0.0798 e. The first-order valence-electron chi connectivity index (χ1n) is 3.13. The highest BCUT2D eigenvalue weighted by Gasteiger charge is 2.22. The van der Waals surface area contributed by atoms with Crippen molar-refractivity contribution in [3.05, 3.63) is 10.4 Å². The van der Waals surface area contributed by atoms with Crippen molar-refractivity contribution in [2.75, 3.05) is 13.2 Å². The Labute approximate surface area is 58.2 Å². The highest BCUT2D eigenvalue weighted by molar-refractivity contribution is 4.73. The van der Waals surface area contributed by atoms with Gasteiger partial charge in [0, 0.05) is 11.3 Å². The number of aliphatic hydroxyl groups is 1. The van der Waals surface area contributed by atoms with Crippen LogP contribution in [-0.4, -0.2) is 30.5 Å². The van der Waals surface area contributed by atoms with Gasteiger partial charge < -0.3 is 9.84 Å². The van der Waals surface area contributed by atoms with Crippen LogP contribution in [0.4, 0.5) is 0 Å². The van der Waals surface area contributed by atoms with Gasteiger partial charge in [-0.25, -0.2) is 0 Å². The highest BCUT2D eigenvalue weighted by Crippen LogP contribution is 2.12. The molecule has 0 bridgehead atoms. The number of hydrogen-bond acceptors (Lipinski definition) is 3. The fourth-order valence-corrected chi connectivity index (χ4v) is 0.942. The Bertz CT molecular complexity index is 155. The van der Waals surface area contributed by atoms with Crippen molar-refractivity contribution in [2.24, 2.45) is 5.11 Å². The van der Waals surface area contributed by atoms with Crippen LogP contribution in [0.3, 0.4) is 0 Å². The Morgan fingerprint density at radius 2 is 2.60 bits per heavy atom. The molecule has 0 aliphatic carbocycles. The first-order valence-corrected chi connectivity index (χ1v) is 3.13. The van der Waals surface area contributed by atoms with Crippen LogP contribution < -0.4 is 0 Å². The van der Waals surface area contributed by atoms with E-state index in [-0.39, 0.29) is 12.2 Å². The lowest BCUT2D eigenvalue weighted by molar-refractivity contribution is 0.0927. The van der Waals surface area contributed by atoms with Crippen molar-refractivity contribution in [1.82, 2.24) is 0 Å². The molecular weight excluding hydrogens is 134 g/mol. The number of nitrogens with zero attached hydrogens (tertiary/aromatic N) is 3. The van der Waals surface area contributed by atoms with Crippen molar-refractivity contribution in [3.8, 4) is 0 Å². The molecule has 1 heterocycles. The van der Waals surface area contributed by atoms with Crippen LogP contribution in [0.5, 0.6) is 0 Å². The van der Waals surface area contributed by atoms with Gasteiger partial charge in [-0.3, -0.25) is 0 Å². The van der Waals surface area contributed by atoms with Crippen LogP contribution in [0.25, 0.3) is 10.4 Å². The molecule has 0 amide bonds. The molecule has 0 saturated carbocycles. The van der Waals surface area contributed by atoms with E-state index in [1.165, 1.54) is 0 Å². The van der Waals surface area contributed by atoms with E-state index in [0.29, 0.717) is 19.6 Å². The minimum atomic E-state index is -0.376. The van der Waals surface area contributed by atoms with Gasteiger partial charge in [-0.05, 0) is 5.53 Å². The third-order valence-electron chi connectivity index (χ3n) is 1.41. The number of aliphatic hydroxyl groups excluding tert-OH is 1. The molecule has 1 saturated heterocycles. The summed E-state index contributed by atoms with van der Waals surface area (Å²) in [6, 6.07) is 0. The lowest BCUT2D eigenvalue weighted by atomic mass is 10.2. The van der Waals surface area contributed by atoms with Crippen LogP contribution in [0.15, 0.2) is 5.11 Å². The van der Waals surface area contributed by atoms with E-state index < -0.39 is 0 Å². The standard InChI is InChI=1S/C5H9N3O2/c6-8-7-2-5-1-4(9)3-10-5/h4-5,9H,1-3H2/t4-,5+/m1/s1. The Morgan fingerprint density at radius 3 is 3.10 bits per heavy atom. The largest absolute Gasteiger partial charge is 0.391 e. The van der Waals surface area contributed by atoms with Gasteiger partial charge in [0.15, 0.2) is 0 Å². The molecule has 1 rings (SSSR count). The molecule has 0 aromatic carbocycles. The zero-order chi connectivity index (χ0) is 7.40. The molecule has 1 aliphatic rings. The fraction of sp³-hybridized carbons (Fsp3) is 1.00. The first kappa shape index (κ1) is 7.34. The summed E-state index contributed by atoms with van der Waals surface area (Å²) in [6.07, 6.45) is 0.128. The molecule has 0 radical (unpaired) electrons. The summed E-state index contributed by atoms with van der Waals surface area (Å²) < 4.78 is 5.05. The van der Waals surface area contributed by atoms with Crippen molar-refractivity contribution in [2.45, 2.75) is 18.6 Å². The van der Waals surface area contributed by atoms with Crippen LogP contribution >= 0.6 is 0 Å². The Kier molecular flexibility index (Phi) is 2.50. The van der Waals surface area contributed by atoms with Gasteiger partial charge in [-0.2, -0.15) is 0 Å². The van der Waals surface area contributed by atoms with Gasteiger partial charge in [0.2, 0.25) is 0 Å². The van der Waals surface area contributed by atoms with Gasteiger partial charge in [0.25, 0.3) is 0 Å². The number of hydrogen-bond donors (Lipinski definition) is 1. The van der Waals surface area contributed by atoms with Crippen LogP contribution in [0.1, 0.15) is 6.42 Å². The molecule has 1 fully saturated rings. The van der Waals surface area contributed by atoms with Crippen molar-refractivity contribution >= 4 is 0 Å². The molecule has 0 spiro atoms. The molecule has 0 aromatic rings. The summed E-state index contributed by atoms with van der Waals surface area (Å²) in [7, 11) is 0. The summed E-state index contributed by atoms with van der Waals surface area (Å²) in [4.78, 5) is 2.59. The minimum Gasteiger partial charge on any atom is -0.391 e. The predicted octanol–water partition coefficient (Wildman–Crippen LogP) is 0.447. The van der Waals surface area contributed by atoms with Gasteiger partial charge in [-0.15, -0.1) is 0 Å². The van der Waals surface area contributed by atoms with Crippen LogP contribution in [0.2, 0.25) is 0 Å². The molecule has 1 N–H and O–H groups in total. The van der Waals surface area contributed by atoms with E-state index in [4.69, 9.17) is 15.4 Å². The number of azide groups is 1. The van der Waals surface area contributed by atoms with Gasteiger partial charge in [0.1, 0.15) is 0 Å². The van der Waals surface area contributed by atoms with Gasteiger partial charge in [0.05, 0.1) is 25.4 Å². The minimum absolute atomic E-state index is 0.0779. The lowest BCUT2D eigenvalue weighted by Crippen LogP contribution is -2.09. The zero-order valence-corrected chi connectivity index (χ0v) is 5.47. The Hall–Kier alpha value is -0.770. The summed E-state index contributed by atoms with van der Waals surface area (Å²) in [6.45, 7) is 0.694. The second kappa shape index (κ2) is 3.41. The SMILES string of the molecule is [N-]=[N+]=NC[C@@H]1C[C@@H](O)CO1. The monoisotopic (exact) mass is 143 g/mol. The summed E-state index contributed by atoms with van der Waals surface area (Å²) in [5.74, 6) is 0. The zero-order valence-electron chi connectivity index (χ0n) is 5.47. The molecule has 56 valence electrons. The average molecular weight is 143 g/mol. The molecule has 10 heavy (non-hydrogen) atoms. The second-order valence-electron chi connectivity index (χ2n) is 2.26. The number of rotatable bonds is 2. The molecule has 1 aliphatic heterocycles. The first-order chi connectivity index (χ1) is 4.83. The normalized spacial score (nSPS) is 31.7. The summed E-state index contributed by atoms with van der Waals surface area (Å²) in [5, 5.41) is 12.3. The fourth-order valence-electron chi connectivity index (χ4n) is 0.942. The Balaban J connectivity index is 2.24. The van der Waals surface area contributed by atoms with E-state index in [0.717, 1.165) is 0 Å². The quantitative estimate of drug-likeness (QED) is 0.346. The Morgan fingerprint density at radius 1 is 1.80 bits per heavy atom. The van der Waals surface area contributed by atoms with E-state index in [2.05, 4.69) is 10.0 Å². The van der Waals surface area contributed by atoms with E-state index in [1.807, 2.05) is 0 Å². The maximum atomic E-state index is 8.94. The second-order valence-corrected chi connectivity index (χ2v) is 2.26. The highest BCUT2D eigenvalue weighted by atomic mass is 16.5. The topological polar surface area (TPSA) is 78.2 Å². The lowest BCUT2D eigenvalue weighted by Gasteiger charge is -2.01. The molecule has 0 aromatic heterocycles. The van der Waals surface area contributed by atoms with E-state index in [1.54, 1.807) is 0 Å². The average Bonchev–Trinajstić information content (AvgIpc) is 2.31. The third-order valence-corrected chi connectivity index (χ3v) is 1.41. The molecule has 0 unspecified atom stereocenters. The maximum Gasteiger partial charge on any atom is 0.0798 e. The van der Waals surface area contributed by atoms with Crippen LogP contribution in [-0.2, 0) is 4.74 Å². The molecular formula is C5H9N3O2. The van der Waals surface area contributed by atoms with Crippen LogP contribution in [0, 0.1) is 0 Å². The summed E-state index contributed by atoms with van der Waals surface area (Å²) >= 11 is 0. The molecule has 2 atom stereocenters. The van der Waals surface area contributed by atoms with Crippen molar-refractivity contribution < 1.29 is 9.84 Å². The van der Waals surface area contributed by atoms with Gasteiger partial charge in [-0.1, -0.05) is 5.11 Å². The van der Waals surface area contributed by atoms with E-state index in [9.17, 15) is 0 Å². The van der Waals surface area contributed by atoms with Crippen molar-refractivity contribution in [1.29, 1.82) is 0 Å². The van der Waals surface area contributed by atoms with E-state index >= 15 is 0 Å². The van der Waals surface area contributed by atoms with Gasteiger partial charge >= 0.3 is 0 Å². The molecule has 5 nitrogen and oxygen atoms in total. The molecule has 5 heteroatoms. The summed E-state index contributed by atoms with van der Waals surface area (Å²) in [5.41, 5.74) is 7.93. The number of ether oxygens (including phenoxy) is 1.